The van der Waals surface area contributed by atoms with Crippen molar-refractivity contribution < 1.29 is 13.3 Å². The van der Waals surface area contributed by atoms with Crippen LogP contribution in [-0.4, -0.2) is 18.3 Å². The lowest BCUT2D eigenvalue weighted by molar-refractivity contribution is -0.384. The third-order valence-corrected chi connectivity index (χ3v) is 5.20. The molecule has 2 aromatic rings. The molecule has 0 aliphatic carbocycles. The zero-order valence-electron chi connectivity index (χ0n) is 10.1. The molecule has 0 unspecified atom stereocenters. The van der Waals surface area contributed by atoms with E-state index in [0.29, 0.717) is 5.69 Å². The second-order valence-electron chi connectivity index (χ2n) is 3.75. The Hall–Kier alpha value is -1.42. The van der Waals surface area contributed by atoms with Crippen molar-refractivity contribution in [2.24, 2.45) is 0 Å². The first-order valence-electron chi connectivity index (χ1n) is 5.30. The van der Waals surface area contributed by atoms with Crippen LogP contribution >= 0.6 is 34.5 Å². The van der Waals surface area contributed by atoms with Crippen LogP contribution in [0.25, 0.3) is 0 Å². The van der Waals surface area contributed by atoms with Gasteiger partial charge in [0.2, 0.25) is 0 Å². The van der Waals surface area contributed by atoms with E-state index in [9.17, 15) is 18.5 Å². The van der Waals surface area contributed by atoms with Crippen LogP contribution in [0.4, 0.5) is 10.8 Å². The number of nitro benzene ring substituents is 1. The van der Waals surface area contributed by atoms with Gasteiger partial charge in [0.1, 0.15) is 5.02 Å². The number of benzene rings is 1. The number of hydrogen-bond donors (Lipinski definition) is 1. The van der Waals surface area contributed by atoms with Crippen molar-refractivity contribution in [3.63, 3.8) is 0 Å². The van der Waals surface area contributed by atoms with Crippen LogP contribution in [0, 0.1) is 10.1 Å². The number of thiazole rings is 1. The van der Waals surface area contributed by atoms with Gasteiger partial charge < -0.3 is 0 Å². The molecular weight excluding hydrogens is 361 g/mol. The predicted octanol–water partition coefficient (Wildman–Crippen LogP) is 3.24. The number of nitrogens with one attached hydrogen (secondary N) is 1. The zero-order valence-corrected chi connectivity index (χ0v) is 13.3. The van der Waals surface area contributed by atoms with Crippen LogP contribution < -0.4 is 4.72 Å². The summed E-state index contributed by atoms with van der Waals surface area (Å²) in [6, 6.07) is 3.22. The van der Waals surface area contributed by atoms with E-state index in [1.807, 2.05) is 0 Å². The Balaban J connectivity index is 2.35. The van der Waals surface area contributed by atoms with Crippen LogP contribution in [0.15, 0.2) is 28.5 Å². The predicted molar refractivity (Wildman–Crippen MR) is 80.6 cm³/mol. The lowest BCUT2D eigenvalue weighted by atomic mass is 10.3. The fourth-order valence-corrected chi connectivity index (χ4v) is 3.79. The largest absolute Gasteiger partial charge is 0.289 e. The van der Waals surface area contributed by atoms with Gasteiger partial charge in [-0.15, -0.1) is 22.9 Å². The summed E-state index contributed by atoms with van der Waals surface area (Å²) in [6.07, 6.45) is 0. The molecule has 1 N–H and O–H groups in total. The van der Waals surface area contributed by atoms with Gasteiger partial charge in [-0.05, 0) is 12.1 Å². The Bertz CT molecular complexity index is 791. The molecule has 21 heavy (non-hydrogen) atoms. The van der Waals surface area contributed by atoms with Gasteiger partial charge in [-0.25, -0.2) is 13.4 Å². The Morgan fingerprint density at radius 2 is 2.14 bits per heavy atom. The number of rotatable bonds is 5. The summed E-state index contributed by atoms with van der Waals surface area (Å²) in [5.41, 5.74) is 0.0431. The summed E-state index contributed by atoms with van der Waals surface area (Å²) in [6.45, 7) is 0. The summed E-state index contributed by atoms with van der Waals surface area (Å²) >= 11 is 12.3. The fourth-order valence-electron chi connectivity index (χ4n) is 1.39. The van der Waals surface area contributed by atoms with Gasteiger partial charge in [0, 0.05) is 11.4 Å². The number of alkyl halides is 1. The molecule has 0 aliphatic rings. The first kappa shape index (κ1) is 16.0. The molecule has 1 aromatic heterocycles. The van der Waals surface area contributed by atoms with Gasteiger partial charge in [-0.3, -0.25) is 14.8 Å². The summed E-state index contributed by atoms with van der Waals surface area (Å²) < 4.78 is 26.5. The number of anilines is 1. The average molecular weight is 368 g/mol. The second kappa shape index (κ2) is 6.14. The molecule has 2 rings (SSSR count). The van der Waals surface area contributed by atoms with Crippen LogP contribution in [0.2, 0.25) is 5.02 Å². The smallest absolute Gasteiger partial charge is 0.258 e. The highest BCUT2D eigenvalue weighted by atomic mass is 35.5. The molecule has 11 heteroatoms. The molecule has 0 amide bonds. The van der Waals surface area contributed by atoms with Crippen molar-refractivity contribution in [2.45, 2.75) is 10.8 Å². The minimum Gasteiger partial charge on any atom is -0.258 e. The average Bonchev–Trinajstić information content (AvgIpc) is 2.85. The molecule has 0 spiro atoms. The van der Waals surface area contributed by atoms with Crippen molar-refractivity contribution in [1.82, 2.24) is 4.98 Å². The molecule has 112 valence electrons. The fraction of sp³-hybridized carbons (Fsp3) is 0.100. The number of aromatic nitrogens is 1. The standard InChI is InChI=1S/C10H7Cl2N3O4S2/c11-4-6-5-20-10(13-6)14-21(18,19)7-1-2-8(12)9(3-7)15(16)17/h1-3,5H,4H2,(H,13,14). The first-order chi connectivity index (χ1) is 9.83. The highest BCUT2D eigenvalue weighted by Crippen LogP contribution is 2.28. The van der Waals surface area contributed by atoms with Gasteiger partial charge in [0.05, 0.1) is 21.4 Å². The van der Waals surface area contributed by atoms with E-state index in [0.717, 1.165) is 23.5 Å². The third-order valence-electron chi connectivity index (χ3n) is 2.33. The maximum absolute atomic E-state index is 12.1. The second-order valence-corrected chi connectivity index (χ2v) is 6.97. The number of hydrogen-bond acceptors (Lipinski definition) is 6. The van der Waals surface area contributed by atoms with Crippen molar-refractivity contribution in [3.05, 3.63) is 44.4 Å². The zero-order chi connectivity index (χ0) is 15.6. The Morgan fingerprint density at radius 1 is 1.43 bits per heavy atom. The van der Waals surface area contributed by atoms with Crippen LogP contribution in [-0.2, 0) is 15.9 Å². The van der Waals surface area contributed by atoms with Crippen LogP contribution in [0.5, 0.6) is 0 Å². The van der Waals surface area contributed by atoms with Crippen molar-refractivity contribution in [2.75, 3.05) is 4.72 Å². The number of nitro groups is 1. The number of nitrogens with zero attached hydrogens (tertiary/aromatic N) is 2. The SMILES string of the molecule is O=[N+]([O-])c1cc(S(=O)(=O)Nc2nc(CCl)cs2)ccc1Cl. The summed E-state index contributed by atoms with van der Waals surface area (Å²) in [7, 11) is -3.99. The molecule has 7 nitrogen and oxygen atoms in total. The molecule has 0 aliphatic heterocycles. The lowest BCUT2D eigenvalue weighted by Gasteiger charge is -2.05. The van der Waals surface area contributed by atoms with E-state index in [2.05, 4.69) is 9.71 Å². The summed E-state index contributed by atoms with van der Waals surface area (Å²) in [5.74, 6) is 0.157. The maximum Gasteiger partial charge on any atom is 0.289 e. The van der Waals surface area contributed by atoms with Gasteiger partial charge >= 0.3 is 0 Å². The highest BCUT2D eigenvalue weighted by molar-refractivity contribution is 7.93. The Kier molecular flexibility index (Phi) is 4.67. The van der Waals surface area contributed by atoms with Gasteiger partial charge in [-0.1, -0.05) is 11.6 Å². The molecule has 1 heterocycles. The topological polar surface area (TPSA) is 102 Å². The van der Waals surface area contributed by atoms with Crippen LogP contribution in [0.1, 0.15) is 5.69 Å². The first-order valence-corrected chi connectivity index (χ1v) is 8.58. The van der Waals surface area contributed by atoms with E-state index in [1.165, 1.54) is 6.07 Å². The number of halogens is 2. The molecular formula is C10H7Cl2N3O4S2. The van der Waals surface area contributed by atoms with E-state index >= 15 is 0 Å². The van der Waals surface area contributed by atoms with Crippen molar-refractivity contribution in [1.29, 1.82) is 0 Å². The molecule has 0 bridgehead atoms. The summed E-state index contributed by atoms with van der Waals surface area (Å²) in [5, 5.41) is 12.4. The van der Waals surface area contributed by atoms with E-state index in [1.54, 1.807) is 5.38 Å². The van der Waals surface area contributed by atoms with Crippen molar-refractivity contribution >= 4 is 55.4 Å². The molecule has 0 fully saturated rings. The molecule has 0 atom stereocenters. The van der Waals surface area contributed by atoms with Gasteiger partial charge in [0.15, 0.2) is 5.13 Å². The highest BCUT2D eigenvalue weighted by Gasteiger charge is 2.21. The molecule has 1 aromatic carbocycles. The Morgan fingerprint density at radius 3 is 2.71 bits per heavy atom. The molecule has 0 saturated carbocycles. The van der Waals surface area contributed by atoms with E-state index in [-0.39, 0.29) is 20.9 Å². The van der Waals surface area contributed by atoms with Crippen molar-refractivity contribution in [3.8, 4) is 0 Å². The Labute approximate surface area is 133 Å². The maximum atomic E-state index is 12.1. The van der Waals surface area contributed by atoms with Crippen LogP contribution in [0.3, 0.4) is 0 Å². The third kappa shape index (κ3) is 3.62. The molecule has 0 saturated heterocycles. The monoisotopic (exact) mass is 367 g/mol. The minimum absolute atomic E-state index is 0.128. The lowest BCUT2D eigenvalue weighted by Crippen LogP contribution is -2.13. The normalized spacial score (nSPS) is 11.3. The van der Waals surface area contributed by atoms with E-state index < -0.39 is 20.6 Å². The minimum atomic E-state index is -3.99. The van der Waals surface area contributed by atoms with Gasteiger partial charge in [0.25, 0.3) is 15.7 Å². The van der Waals surface area contributed by atoms with E-state index in [4.69, 9.17) is 23.2 Å². The summed E-state index contributed by atoms with van der Waals surface area (Å²) in [4.78, 5) is 13.7. The molecule has 0 radical (unpaired) electrons. The van der Waals surface area contributed by atoms with Gasteiger partial charge in [-0.2, -0.15) is 0 Å². The number of sulfonamides is 1. The quantitative estimate of drug-likeness (QED) is 0.496.